The second-order valence-electron chi connectivity index (χ2n) is 11.1. The first kappa shape index (κ1) is 20.1. The van der Waals surface area contributed by atoms with Gasteiger partial charge in [-0.3, -0.25) is 4.79 Å². The Balaban J connectivity index is 1.62. The largest absolute Gasteiger partial charge is 0.386 e. The molecular formula is C26H38O2. The highest BCUT2D eigenvalue weighted by molar-refractivity contribution is 6.01. The van der Waals surface area contributed by atoms with E-state index < -0.39 is 5.60 Å². The first-order valence-electron chi connectivity index (χ1n) is 11.4. The van der Waals surface area contributed by atoms with E-state index in [0.717, 1.165) is 12.8 Å². The van der Waals surface area contributed by atoms with Gasteiger partial charge in [-0.15, -0.1) is 0 Å². The molecule has 4 rings (SSSR count). The molecule has 4 aliphatic carbocycles. The van der Waals surface area contributed by atoms with E-state index in [1.54, 1.807) is 6.08 Å². The summed E-state index contributed by atoms with van der Waals surface area (Å²) >= 11 is 0. The smallest absolute Gasteiger partial charge is 0.178 e. The SMILES string of the molecule is CC(C)C=CC(C)(O)C1CCC2C3CCC4=CC(=O)C=CC4(C)C3CCC21C. The molecule has 2 nitrogen and oxygen atoms in total. The highest BCUT2D eigenvalue weighted by Gasteiger charge is 2.60. The van der Waals surface area contributed by atoms with Crippen LogP contribution in [0.3, 0.4) is 0 Å². The molecule has 0 bridgehead atoms. The third kappa shape index (κ3) is 2.98. The van der Waals surface area contributed by atoms with Gasteiger partial charge in [0, 0.05) is 5.41 Å². The van der Waals surface area contributed by atoms with Gasteiger partial charge in [-0.2, -0.15) is 0 Å². The predicted octanol–water partition coefficient (Wildman–Crippen LogP) is 5.87. The molecule has 154 valence electrons. The van der Waals surface area contributed by atoms with Gasteiger partial charge in [0.1, 0.15) is 0 Å². The maximum Gasteiger partial charge on any atom is 0.178 e. The molecule has 4 aliphatic rings. The number of carbonyl (C=O) groups is 1. The summed E-state index contributed by atoms with van der Waals surface area (Å²) < 4.78 is 0. The van der Waals surface area contributed by atoms with Crippen molar-refractivity contribution in [3.8, 4) is 0 Å². The van der Waals surface area contributed by atoms with Crippen molar-refractivity contribution in [2.24, 2.45) is 40.4 Å². The number of hydrogen-bond donors (Lipinski definition) is 1. The molecule has 0 amide bonds. The van der Waals surface area contributed by atoms with Gasteiger partial charge < -0.3 is 5.11 Å². The van der Waals surface area contributed by atoms with Crippen molar-refractivity contribution < 1.29 is 9.90 Å². The third-order valence-electron chi connectivity index (χ3n) is 9.08. The van der Waals surface area contributed by atoms with Crippen molar-refractivity contribution in [1.29, 1.82) is 0 Å². The number of carbonyl (C=O) groups excluding carboxylic acids is 1. The van der Waals surface area contributed by atoms with Crippen LogP contribution in [0.25, 0.3) is 0 Å². The molecule has 0 saturated heterocycles. The molecule has 0 spiro atoms. The Morgan fingerprint density at radius 2 is 1.93 bits per heavy atom. The van der Waals surface area contributed by atoms with Crippen LogP contribution in [0.4, 0.5) is 0 Å². The second kappa shape index (κ2) is 6.69. The van der Waals surface area contributed by atoms with Gasteiger partial charge in [-0.25, -0.2) is 0 Å². The van der Waals surface area contributed by atoms with Crippen LogP contribution in [-0.4, -0.2) is 16.5 Å². The summed E-state index contributed by atoms with van der Waals surface area (Å²) in [5.41, 5.74) is 0.932. The summed E-state index contributed by atoms with van der Waals surface area (Å²) in [5.74, 6) is 3.03. The Hall–Kier alpha value is -1.15. The molecule has 0 aromatic carbocycles. The van der Waals surface area contributed by atoms with E-state index in [0.29, 0.717) is 29.6 Å². The van der Waals surface area contributed by atoms with Crippen LogP contribution in [0.2, 0.25) is 0 Å². The summed E-state index contributed by atoms with van der Waals surface area (Å²) in [6, 6.07) is 0. The van der Waals surface area contributed by atoms with E-state index in [9.17, 15) is 9.90 Å². The van der Waals surface area contributed by atoms with Crippen molar-refractivity contribution in [2.75, 3.05) is 0 Å². The Morgan fingerprint density at radius 3 is 2.64 bits per heavy atom. The van der Waals surface area contributed by atoms with Crippen LogP contribution in [-0.2, 0) is 4.79 Å². The van der Waals surface area contributed by atoms with Crippen molar-refractivity contribution in [2.45, 2.75) is 78.7 Å². The normalized spacial score (nSPS) is 44.8. The molecule has 1 N–H and O–H groups in total. The third-order valence-corrected chi connectivity index (χ3v) is 9.08. The monoisotopic (exact) mass is 382 g/mol. The fourth-order valence-corrected chi connectivity index (χ4v) is 7.66. The van der Waals surface area contributed by atoms with Gasteiger partial charge in [-0.1, -0.05) is 51.5 Å². The lowest BCUT2D eigenvalue weighted by molar-refractivity contribution is -0.111. The van der Waals surface area contributed by atoms with Crippen LogP contribution >= 0.6 is 0 Å². The van der Waals surface area contributed by atoms with E-state index in [2.05, 4.69) is 45.9 Å². The van der Waals surface area contributed by atoms with Crippen molar-refractivity contribution in [1.82, 2.24) is 0 Å². The Labute approximate surface area is 171 Å². The van der Waals surface area contributed by atoms with E-state index in [1.165, 1.54) is 31.3 Å². The van der Waals surface area contributed by atoms with E-state index in [1.807, 2.05) is 13.0 Å². The maximum absolute atomic E-state index is 11.9. The van der Waals surface area contributed by atoms with Gasteiger partial charge in [-0.05, 0) is 92.6 Å². The van der Waals surface area contributed by atoms with Crippen LogP contribution in [0.1, 0.15) is 73.1 Å². The fraction of sp³-hybridized carbons (Fsp3) is 0.731. The Bertz CT molecular complexity index is 740. The number of fused-ring (bicyclic) bond motifs is 5. The average molecular weight is 383 g/mol. The lowest BCUT2D eigenvalue weighted by Gasteiger charge is -2.58. The minimum Gasteiger partial charge on any atom is -0.386 e. The molecule has 2 heteroatoms. The predicted molar refractivity (Wildman–Crippen MR) is 115 cm³/mol. The number of aliphatic hydroxyl groups is 1. The van der Waals surface area contributed by atoms with Crippen molar-refractivity contribution in [3.05, 3.63) is 36.0 Å². The molecule has 7 unspecified atom stereocenters. The standard InChI is InChI=1S/C26H38O2/c1-17(2)10-15-26(5,28)23-9-8-21-20-7-6-18-16-19(27)11-13-24(18,3)22(20)12-14-25(21,23)4/h10-11,13,15-17,20-23,28H,6-9,12,14H2,1-5H3. The number of allylic oxidation sites excluding steroid dienone is 5. The zero-order valence-electron chi connectivity index (χ0n) is 18.4. The Morgan fingerprint density at radius 1 is 1.18 bits per heavy atom. The van der Waals surface area contributed by atoms with Crippen LogP contribution in [0, 0.1) is 40.4 Å². The minimum atomic E-state index is -0.721. The first-order valence-corrected chi connectivity index (χ1v) is 11.4. The molecule has 0 aliphatic heterocycles. The summed E-state index contributed by atoms with van der Waals surface area (Å²) in [7, 11) is 0. The number of hydrogen-bond acceptors (Lipinski definition) is 2. The summed E-state index contributed by atoms with van der Waals surface area (Å²) in [4.78, 5) is 11.9. The highest BCUT2D eigenvalue weighted by Crippen LogP contribution is 2.67. The van der Waals surface area contributed by atoms with Crippen molar-refractivity contribution >= 4 is 5.78 Å². The molecule has 3 saturated carbocycles. The zero-order valence-corrected chi connectivity index (χ0v) is 18.4. The van der Waals surface area contributed by atoms with E-state index >= 15 is 0 Å². The van der Waals surface area contributed by atoms with Gasteiger partial charge in [0.2, 0.25) is 0 Å². The summed E-state index contributed by atoms with van der Waals surface area (Å²) in [5, 5.41) is 11.4. The molecule has 28 heavy (non-hydrogen) atoms. The minimum absolute atomic E-state index is 0.0658. The van der Waals surface area contributed by atoms with Crippen LogP contribution in [0.5, 0.6) is 0 Å². The molecule has 0 heterocycles. The van der Waals surface area contributed by atoms with Gasteiger partial charge >= 0.3 is 0 Å². The van der Waals surface area contributed by atoms with Crippen LogP contribution < -0.4 is 0 Å². The van der Waals surface area contributed by atoms with E-state index in [4.69, 9.17) is 0 Å². The molecule has 7 atom stereocenters. The summed E-state index contributed by atoms with van der Waals surface area (Å²) in [6.45, 7) is 11.2. The quantitative estimate of drug-likeness (QED) is 0.619. The molecule has 0 aromatic heterocycles. The highest BCUT2D eigenvalue weighted by atomic mass is 16.3. The Kier molecular flexibility index (Phi) is 4.81. The molecule has 0 radical (unpaired) electrons. The molecule has 0 aromatic rings. The topological polar surface area (TPSA) is 37.3 Å². The molecule has 3 fully saturated rings. The lowest BCUT2D eigenvalue weighted by Crippen LogP contribution is -2.52. The van der Waals surface area contributed by atoms with E-state index in [-0.39, 0.29) is 16.6 Å². The fourth-order valence-electron chi connectivity index (χ4n) is 7.66. The van der Waals surface area contributed by atoms with Crippen LogP contribution in [0.15, 0.2) is 36.0 Å². The van der Waals surface area contributed by atoms with Crippen molar-refractivity contribution in [3.63, 3.8) is 0 Å². The van der Waals surface area contributed by atoms with Gasteiger partial charge in [0.25, 0.3) is 0 Å². The molecular weight excluding hydrogens is 344 g/mol. The lowest BCUT2D eigenvalue weighted by atomic mass is 9.47. The average Bonchev–Trinajstić information content (AvgIpc) is 2.99. The van der Waals surface area contributed by atoms with Gasteiger partial charge in [0.05, 0.1) is 5.60 Å². The number of ketones is 1. The maximum atomic E-state index is 11.9. The first-order chi connectivity index (χ1) is 13.1. The van der Waals surface area contributed by atoms with Gasteiger partial charge in [0.15, 0.2) is 5.78 Å². The number of rotatable bonds is 3. The summed E-state index contributed by atoms with van der Waals surface area (Å²) in [6.07, 6.45) is 17.3. The second-order valence-corrected chi connectivity index (χ2v) is 11.1. The zero-order chi connectivity index (χ0) is 20.3.